The molecule has 3 fully saturated rings. The van der Waals surface area contributed by atoms with Crippen LogP contribution in [0.1, 0.15) is 43.0 Å². The first-order valence-corrected chi connectivity index (χ1v) is 14.9. The highest BCUT2D eigenvalue weighted by atomic mass is 16.7. The number of hydrogen-bond donors (Lipinski definition) is 6. The molecule has 3 heterocycles. The van der Waals surface area contributed by atoms with Gasteiger partial charge in [-0.15, -0.1) is 0 Å². The summed E-state index contributed by atoms with van der Waals surface area (Å²) >= 11 is 0. The van der Waals surface area contributed by atoms with E-state index in [0.29, 0.717) is 13.0 Å². The summed E-state index contributed by atoms with van der Waals surface area (Å²) in [5.41, 5.74) is 1.58. The molecule has 42 heavy (non-hydrogen) atoms. The Bertz CT molecular complexity index is 1060. The summed E-state index contributed by atoms with van der Waals surface area (Å²) in [6.07, 6.45) is -7.31. The highest BCUT2D eigenvalue weighted by Gasteiger charge is 2.41. The molecular weight excluding hydrogens is 544 g/mol. The molecule has 3 saturated heterocycles. The lowest BCUT2D eigenvalue weighted by Crippen LogP contribution is -2.57. The SMILES string of the molecule is O[C@H]([C@@H](O)CN(C[C@H](O)[C@@H](O)[C@@H]1OC(c2ccccc2)OC[C@H]1O)C1CCNCC1)[C@H]1CCOC(c2ccccc2)O1. The molecule has 2 aromatic rings. The average Bonchev–Trinajstić information content (AvgIpc) is 3.05. The van der Waals surface area contributed by atoms with E-state index in [0.717, 1.165) is 37.1 Å². The molecule has 232 valence electrons. The second-order valence-corrected chi connectivity index (χ2v) is 11.4. The third-order valence-electron chi connectivity index (χ3n) is 8.37. The Kier molecular flexibility index (Phi) is 11.3. The third kappa shape index (κ3) is 7.93. The number of nitrogens with zero attached hydrogens (tertiary/aromatic N) is 1. The maximum Gasteiger partial charge on any atom is 0.184 e. The summed E-state index contributed by atoms with van der Waals surface area (Å²) in [5.74, 6) is 0. The number of rotatable bonds is 11. The van der Waals surface area contributed by atoms with E-state index in [1.807, 2.05) is 65.6 Å². The van der Waals surface area contributed by atoms with Crippen LogP contribution in [0.4, 0.5) is 0 Å². The van der Waals surface area contributed by atoms with E-state index >= 15 is 0 Å². The van der Waals surface area contributed by atoms with Gasteiger partial charge in [0, 0.05) is 30.3 Å². The summed E-state index contributed by atoms with van der Waals surface area (Å²) in [6, 6.07) is 18.7. The van der Waals surface area contributed by atoms with E-state index in [4.69, 9.17) is 18.9 Å². The van der Waals surface area contributed by atoms with Crippen LogP contribution in [-0.4, -0.2) is 119 Å². The van der Waals surface area contributed by atoms with Gasteiger partial charge in [-0.2, -0.15) is 0 Å². The monoisotopic (exact) mass is 588 g/mol. The van der Waals surface area contributed by atoms with Gasteiger partial charge in [-0.3, -0.25) is 4.90 Å². The van der Waals surface area contributed by atoms with E-state index in [9.17, 15) is 25.5 Å². The molecule has 0 amide bonds. The van der Waals surface area contributed by atoms with Gasteiger partial charge in [0.1, 0.15) is 24.4 Å². The lowest BCUT2D eigenvalue weighted by atomic mass is 9.97. The molecule has 0 aliphatic carbocycles. The fraction of sp³-hybridized carbons (Fsp3) is 0.613. The maximum atomic E-state index is 11.2. The van der Waals surface area contributed by atoms with E-state index in [-0.39, 0.29) is 25.7 Å². The van der Waals surface area contributed by atoms with Crippen molar-refractivity contribution in [2.75, 3.05) is 39.4 Å². The minimum atomic E-state index is -1.41. The lowest BCUT2D eigenvalue weighted by Gasteiger charge is -2.42. The van der Waals surface area contributed by atoms with Crippen LogP contribution in [0.3, 0.4) is 0 Å². The van der Waals surface area contributed by atoms with Crippen molar-refractivity contribution >= 4 is 0 Å². The van der Waals surface area contributed by atoms with Crippen LogP contribution < -0.4 is 5.32 Å². The Morgan fingerprint density at radius 3 is 1.93 bits per heavy atom. The molecule has 5 rings (SSSR count). The highest BCUT2D eigenvalue weighted by Crippen LogP contribution is 2.30. The molecule has 0 saturated carbocycles. The topological polar surface area (TPSA) is 153 Å². The van der Waals surface area contributed by atoms with Gasteiger partial charge in [0.15, 0.2) is 12.6 Å². The Labute approximate surface area is 246 Å². The van der Waals surface area contributed by atoms with Crippen molar-refractivity contribution in [1.29, 1.82) is 0 Å². The molecular formula is C31H44N2O9. The van der Waals surface area contributed by atoms with Crippen LogP contribution in [0.5, 0.6) is 0 Å². The number of aliphatic hydroxyl groups excluding tert-OH is 5. The molecule has 0 aromatic heterocycles. The number of nitrogens with one attached hydrogen (secondary N) is 1. The van der Waals surface area contributed by atoms with Crippen molar-refractivity contribution in [3.05, 3.63) is 71.8 Å². The Balaban J connectivity index is 1.22. The van der Waals surface area contributed by atoms with Crippen molar-refractivity contribution in [2.45, 2.75) is 80.6 Å². The zero-order valence-corrected chi connectivity index (χ0v) is 23.7. The number of aliphatic hydroxyl groups is 5. The van der Waals surface area contributed by atoms with Gasteiger partial charge < -0.3 is 49.8 Å². The van der Waals surface area contributed by atoms with Crippen molar-refractivity contribution in [3.63, 3.8) is 0 Å². The molecule has 0 bridgehead atoms. The summed E-state index contributed by atoms with van der Waals surface area (Å²) in [7, 11) is 0. The molecule has 11 heteroatoms. The van der Waals surface area contributed by atoms with Crippen LogP contribution >= 0.6 is 0 Å². The number of benzene rings is 2. The summed E-state index contributed by atoms with van der Waals surface area (Å²) in [6.45, 7) is 1.97. The summed E-state index contributed by atoms with van der Waals surface area (Å²) in [4.78, 5) is 1.91. The van der Waals surface area contributed by atoms with E-state index in [2.05, 4.69) is 5.32 Å². The van der Waals surface area contributed by atoms with Gasteiger partial charge in [0.2, 0.25) is 0 Å². The molecule has 6 N–H and O–H groups in total. The molecule has 2 unspecified atom stereocenters. The number of piperidine rings is 1. The normalized spacial score (nSPS) is 30.5. The first-order valence-electron chi connectivity index (χ1n) is 14.9. The smallest absolute Gasteiger partial charge is 0.184 e. The first kappa shape index (κ1) is 31.4. The van der Waals surface area contributed by atoms with Gasteiger partial charge in [-0.25, -0.2) is 0 Å². The summed E-state index contributed by atoms with van der Waals surface area (Å²) in [5, 5.41) is 58.5. The predicted molar refractivity (Wildman–Crippen MR) is 152 cm³/mol. The Morgan fingerprint density at radius 1 is 0.738 bits per heavy atom. The van der Waals surface area contributed by atoms with Crippen molar-refractivity contribution < 1.29 is 44.5 Å². The maximum absolute atomic E-state index is 11.2. The van der Waals surface area contributed by atoms with Crippen molar-refractivity contribution in [3.8, 4) is 0 Å². The molecule has 0 spiro atoms. The Morgan fingerprint density at radius 2 is 1.31 bits per heavy atom. The quantitative estimate of drug-likeness (QED) is 0.217. The fourth-order valence-electron chi connectivity index (χ4n) is 5.95. The van der Waals surface area contributed by atoms with Crippen LogP contribution in [0.2, 0.25) is 0 Å². The molecule has 0 radical (unpaired) electrons. The van der Waals surface area contributed by atoms with Gasteiger partial charge in [0.25, 0.3) is 0 Å². The second-order valence-electron chi connectivity index (χ2n) is 11.4. The van der Waals surface area contributed by atoms with E-state index < -0.39 is 55.3 Å². The highest BCUT2D eigenvalue weighted by molar-refractivity contribution is 5.17. The molecule has 3 aliphatic heterocycles. The summed E-state index contributed by atoms with van der Waals surface area (Å²) < 4.78 is 23.3. The first-order chi connectivity index (χ1) is 20.4. The predicted octanol–water partition coefficient (Wildman–Crippen LogP) is 0.463. The Hall–Kier alpha value is -2.00. The van der Waals surface area contributed by atoms with E-state index in [1.54, 1.807) is 0 Å². The second kappa shape index (κ2) is 15.1. The van der Waals surface area contributed by atoms with Crippen LogP contribution in [-0.2, 0) is 18.9 Å². The zero-order chi connectivity index (χ0) is 29.5. The molecule has 3 aliphatic rings. The van der Waals surface area contributed by atoms with Gasteiger partial charge >= 0.3 is 0 Å². The number of ether oxygens (including phenoxy) is 4. The van der Waals surface area contributed by atoms with Crippen LogP contribution in [0.25, 0.3) is 0 Å². The number of hydrogen-bond acceptors (Lipinski definition) is 11. The van der Waals surface area contributed by atoms with Gasteiger partial charge in [-0.05, 0) is 32.4 Å². The van der Waals surface area contributed by atoms with Crippen molar-refractivity contribution in [2.24, 2.45) is 0 Å². The largest absolute Gasteiger partial charge is 0.389 e. The van der Waals surface area contributed by atoms with Crippen LogP contribution in [0, 0.1) is 0 Å². The van der Waals surface area contributed by atoms with Crippen LogP contribution in [0.15, 0.2) is 60.7 Å². The van der Waals surface area contributed by atoms with Gasteiger partial charge in [-0.1, -0.05) is 60.7 Å². The fourth-order valence-corrected chi connectivity index (χ4v) is 5.95. The minimum absolute atomic E-state index is 0.0141. The average molecular weight is 589 g/mol. The van der Waals surface area contributed by atoms with Gasteiger partial charge in [0.05, 0.1) is 31.5 Å². The molecule has 2 aromatic carbocycles. The molecule has 9 atom stereocenters. The van der Waals surface area contributed by atoms with Crippen molar-refractivity contribution in [1.82, 2.24) is 10.2 Å². The minimum Gasteiger partial charge on any atom is -0.389 e. The van der Waals surface area contributed by atoms with E-state index in [1.165, 1.54) is 0 Å². The lowest BCUT2D eigenvalue weighted by molar-refractivity contribution is -0.283. The standard InChI is InChI=1S/C31H44N2O9/c34-23(27(37)26-13-16-39-30(41-26)20-7-3-1-4-8-20)17-33(22-11-14-32-15-12-22)18-24(35)28(38)29-25(36)19-40-31(42-29)21-9-5-2-6-10-21/h1-10,22-32,34-38H,11-19H2/t23-,24-,25+,26+,27+,28+,29+,30?,31?/m0/s1. The third-order valence-corrected chi connectivity index (χ3v) is 8.37. The molecule has 11 nitrogen and oxygen atoms in total. The zero-order valence-electron chi connectivity index (χ0n) is 23.7.